The zero-order valence-corrected chi connectivity index (χ0v) is 18.4. The molecule has 0 bridgehead atoms. The standard InChI is InChI=1S/C25H29F3N2O3/c26-25(27,28)16-29-14-17-3-4-20-13-21(8-5-19(20)12-17)30-24(31)18-6-9-22(10-7-18)33-15-23-2-1-11-32-23/h3-4,6-7,9-10,12,21,23,29H,1-2,5,8,11,13-16H2,(H,30,31)/t21-,23-/m0/s1. The van der Waals surface area contributed by atoms with Crippen molar-refractivity contribution in [1.29, 1.82) is 0 Å². The van der Waals surface area contributed by atoms with E-state index in [2.05, 4.69) is 10.6 Å². The Kier molecular flexibility index (Phi) is 7.55. The molecular weight excluding hydrogens is 433 g/mol. The van der Waals surface area contributed by atoms with E-state index in [-0.39, 0.29) is 24.6 Å². The lowest BCUT2D eigenvalue weighted by molar-refractivity contribution is -0.125. The van der Waals surface area contributed by atoms with Gasteiger partial charge in [0.1, 0.15) is 12.4 Å². The Morgan fingerprint density at radius 1 is 1.09 bits per heavy atom. The molecule has 178 valence electrons. The molecule has 1 amide bonds. The first kappa shape index (κ1) is 23.6. The van der Waals surface area contributed by atoms with Gasteiger partial charge in [-0.05, 0) is 73.1 Å². The third-order valence-corrected chi connectivity index (χ3v) is 6.07. The molecule has 1 fully saturated rings. The number of carbonyl (C=O) groups is 1. The number of ether oxygens (including phenoxy) is 2. The van der Waals surface area contributed by atoms with Gasteiger partial charge in [0.05, 0.1) is 12.6 Å². The molecule has 4 rings (SSSR count). The molecule has 1 aliphatic carbocycles. The summed E-state index contributed by atoms with van der Waals surface area (Å²) in [6, 6.07) is 12.9. The highest BCUT2D eigenvalue weighted by molar-refractivity contribution is 5.94. The summed E-state index contributed by atoms with van der Waals surface area (Å²) in [5, 5.41) is 5.53. The minimum absolute atomic E-state index is 0.0228. The normalized spacial score (nSPS) is 20.3. The van der Waals surface area contributed by atoms with Gasteiger partial charge in [-0.1, -0.05) is 18.2 Å². The third-order valence-electron chi connectivity index (χ3n) is 6.07. The maximum atomic E-state index is 12.7. The first-order valence-electron chi connectivity index (χ1n) is 11.4. The van der Waals surface area contributed by atoms with Crippen molar-refractivity contribution in [1.82, 2.24) is 10.6 Å². The molecule has 1 saturated heterocycles. The number of hydrogen-bond acceptors (Lipinski definition) is 4. The molecule has 0 radical (unpaired) electrons. The summed E-state index contributed by atoms with van der Waals surface area (Å²) in [5.74, 6) is 0.594. The average Bonchev–Trinajstić information content (AvgIpc) is 3.31. The van der Waals surface area contributed by atoms with E-state index in [1.807, 2.05) is 18.2 Å². The summed E-state index contributed by atoms with van der Waals surface area (Å²) >= 11 is 0. The summed E-state index contributed by atoms with van der Waals surface area (Å²) in [5.41, 5.74) is 3.68. The van der Waals surface area contributed by atoms with Crippen LogP contribution in [0, 0.1) is 0 Å². The highest BCUT2D eigenvalue weighted by Gasteiger charge is 2.26. The monoisotopic (exact) mass is 462 g/mol. The van der Waals surface area contributed by atoms with Crippen molar-refractivity contribution in [3.63, 3.8) is 0 Å². The van der Waals surface area contributed by atoms with Crippen LogP contribution in [0.3, 0.4) is 0 Å². The summed E-state index contributed by atoms with van der Waals surface area (Å²) < 4.78 is 48.2. The van der Waals surface area contributed by atoms with Gasteiger partial charge in [-0.15, -0.1) is 0 Å². The van der Waals surface area contributed by atoms with Crippen LogP contribution in [0.2, 0.25) is 0 Å². The fourth-order valence-electron chi connectivity index (χ4n) is 4.33. The van der Waals surface area contributed by atoms with Crippen LogP contribution in [0.1, 0.15) is 46.3 Å². The number of halogens is 3. The summed E-state index contributed by atoms with van der Waals surface area (Å²) in [4.78, 5) is 12.7. The third kappa shape index (κ3) is 6.95. The van der Waals surface area contributed by atoms with Gasteiger partial charge in [-0.3, -0.25) is 4.79 Å². The van der Waals surface area contributed by atoms with Gasteiger partial charge in [-0.2, -0.15) is 13.2 Å². The topological polar surface area (TPSA) is 59.6 Å². The molecule has 2 aromatic carbocycles. The van der Waals surface area contributed by atoms with E-state index in [1.54, 1.807) is 24.3 Å². The minimum Gasteiger partial charge on any atom is -0.491 e. The number of rotatable bonds is 8. The van der Waals surface area contributed by atoms with Gasteiger partial charge in [0.2, 0.25) is 0 Å². The minimum atomic E-state index is -4.21. The molecule has 0 spiro atoms. The first-order chi connectivity index (χ1) is 15.9. The van der Waals surface area contributed by atoms with Crippen LogP contribution in [0.5, 0.6) is 5.75 Å². The molecular formula is C25H29F3N2O3. The maximum absolute atomic E-state index is 12.7. The van der Waals surface area contributed by atoms with Crippen molar-refractivity contribution in [2.24, 2.45) is 0 Å². The number of benzene rings is 2. The van der Waals surface area contributed by atoms with E-state index in [1.165, 1.54) is 0 Å². The molecule has 2 atom stereocenters. The van der Waals surface area contributed by atoms with Crippen molar-refractivity contribution in [3.8, 4) is 5.75 Å². The van der Waals surface area contributed by atoms with E-state index in [0.29, 0.717) is 24.3 Å². The molecule has 0 unspecified atom stereocenters. The van der Waals surface area contributed by atoms with E-state index in [4.69, 9.17) is 9.47 Å². The number of hydrogen-bond donors (Lipinski definition) is 2. The van der Waals surface area contributed by atoms with E-state index in [0.717, 1.165) is 49.0 Å². The number of carbonyl (C=O) groups excluding carboxylic acids is 1. The second-order valence-corrected chi connectivity index (χ2v) is 8.71. The van der Waals surface area contributed by atoms with Gasteiger partial charge in [0.15, 0.2) is 0 Å². The quantitative estimate of drug-likeness (QED) is 0.618. The van der Waals surface area contributed by atoms with Crippen LogP contribution >= 0.6 is 0 Å². The largest absolute Gasteiger partial charge is 0.491 e. The lowest BCUT2D eigenvalue weighted by Gasteiger charge is -2.26. The highest BCUT2D eigenvalue weighted by atomic mass is 19.4. The van der Waals surface area contributed by atoms with Gasteiger partial charge in [-0.25, -0.2) is 0 Å². The van der Waals surface area contributed by atoms with E-state index < -0.39 is 12.7 Å². The zero-order valence-electron chi connectivity index (χ0n) is 18.4. The molecule has 0 saturated carbocycles. The maximum Gasteiger partial charge on any atom is 0.401 e. The Bertz CT molecular complexity index is 941. The number of alkyl halides is 3. The first-order valence-corrected chi connectivity index (χ1v) is 11.4. The molecule has 2 N–H and O–H groups in total. The van der Waals surface area contributed by atoms with Crippen LogP contribution < -0.4 is 15.4 Å². The fraction of sp³-hybridized carbons (Fsp3) is 0.480. The predicted molar refractivity (Wildman–Crippen MR) is 118 cm³/mol. The Labute approximate surface area is 191 Å². The van der Waals surface area contributed by atoms with Crippen molar-refractivity contribution in [2.45, 2.75) is 57.0 Å². The molecule has 1 heterocycles. The van der Waals surface area contributed by atoms with E-state index >= 15 is 0 Å². The Morgan fingerprint density at radius 3 is 2.64 bits per heavy atom. The van der Waals surface area contributed by atoms with Gasteiger partial charge >= 0.3 is 6.18 Å². The number of aryl methyl sites for hydroxylation is 1. The molecule has 0 aromatic heterocycles. The molecule has 5 nitrogen and oxygen atoms in total. The Morgan fingerprint density at radius 2 is 1.91 bits per heavy atom. The number of fused-ring (bicyclic) bond motifs is 1. The van der Waals surface area contributed by atoms with Gasteiger partial charge < -0.3 is 20.1 Å². The van der Waals surface area contributed by atoms with Crippen molar-refractivity contribution < 1.29 is 27.4 Å². The van der Waals surface area contributed by atoms with Crippen LogP contribution in [0.15, 0.2) is 42.5 Å². The average molecular weight is 463 g/mol. The van der Waals surface area contributed by atoms with Crippen molar-refractivity contribution in [2.75, 3.05) is 19.8 Å². The lowest BCUT2D eigenvalue weighted by Crippen LogP contribution is -2.38. The highest BCUT2D eigenvalue weighted by Crippen LogP contribution is 2.24. The second kappa shape index (κ2) is 10.6. The van der Waals surface area contributed by atoms with Crippen LogP contribution in [-0.2, 0) is 24.1 Å². The Balaban J connectivity index is 1.26. The summed E-state index contributed by atoms with van der Waals surface area (Å²) in [6.45, 7) is 0.493. The lowest BCUT2D eigenvalue weighted by atomic mass is 9.87. The van der Waals surface area contributed by atoms with Gasteiger partial charge in [0, 0.05) is 24.8 Å². The van der Waals surface area contributed by atoms with Crippen molar-refractivity contribution >= 4 is 5.91 Å². The zero-order chi connectivity index (χ0) is 23.3. The van der Waals surface area contributed by atoms with Crippen LogP contribution in [-0.4, -0.2) is 44.0 Å². The smallest absolute Gasteiger partial charge is 0.401 e. The fourth-order valence-corrected chi connectivity index (χ4v) is 4.33. The van der Waals surface area contributed by atoms with Crippen LogP contribution in [0.25, 0.3) is 0 Å². The number of nitrogens with one attached hydrogen (secondary N) is 2. The summed E-state index contributed by atoms with van der Waals surface area (Å²) in [6.07, 6.45) is 0.302. The molecule has 2 aromatic rings. The Hall–Kier alpha value is -2.58. The van der Waals surface area contributed by atoms with Gasteiger partial charge in [0.25, 0.3) is 5.91 Å². The molecule has 33 heavy (non-hydrogen) atoms. The number of amides is 1. The predicted octanol–water partition coefficient (Wildman–Crippen LogP) is 4.18. The van der Waals surface area contributed by atoms with E-state index in [9.17, 15) is 18.0 Å². The van der Waals surface area contributed by atoms with Crippen LogP contribution in [0.4, 0.5) is 13.2 Å². The molecule has 1 aliphatic heterocycles. The summed E-state index contributed by atoms with van der Waals surface area (Å²) in [7, 11) is 0. The van der Waals surface area contributed by atoms with Crippen molar-refractivity contribution in [3.05, 3.63) is 64.7 Å². The SMILES string of the molecule is O=C(N[C@H]1CCc2cc(CNCC(F)(F)F)ccc2C1)c1ccc(OC[C@@H]2CCCO2)cc1. The molecule has 8 heteroatoms. The molecule has 2 aliphatic rings. The second-order valence-electron chi connectivity index (χ2n) is 8.71.